The highest BCUT2D eigenvalue weighted by atomic mass is 79.9. The average molecular weight is 335 g/mol. The molecule has 0 aliphatic carbocycles. The smallest absolute Gasteiger partial charge is 0.247 e. The summed E-state index contributed by atoms with van der Waals surface area (Å²) in [5.74, 6) is -0.539. The molecule has 1 amide bonds. The second kappa shape index (κ2) is 5.00. The minimum atomic E-state index is -0.699. The van der Waals surface area contributed by atoms with Gasteiger partial charge >= 0.3 is 0 Å². The number of rotatable bonds is 2. The Balaban J connectivity index is 2.00. The van der Waals surface area contributed by atoms with Crippen molar-refractivity contribution in [3.05, 3.63) is 64.4 Å². The Morgan fingerprint density at radius 3 is 2.40 bits per heavy atom. The molecule has 2 atom stereocenters. The molecule has 0 bridgehead atoms. The van der Waals surface area contributed by atoms with Gasteiger partial charge in [0.1, 0.15) is 11.9 Å². The minimum Gasteiger partial charge on any atom is -0.318 e. The van der Waals surface area contributed by atoms with Crippen LogP contribution in [-0.2, 0) is 4.79 Å². The summed E-state index contributed by atoms with van der Waals surface area (Å²) in [5, 5.41) is 0. The molecular formula is C15H12BrFN2O. The molecule has 1 aliphatic rings. The van der Waals surface area contributed by atoms with Gasteiger partial charge in [-0.1, -0.05) is 34.1 Å². The van der Waals surface area contributed by atoms with Crippen molar-refractivity contribution in [3.63, 3.8) is 0 Å². The molecule has 3 nitrogen and oxygen atoms in total. The zero-order valence-corrected chi connectivity index (χ0v) is 12.0. The molecule has 0 saturated carbocycles. The highest BCUT2D eigenvalue weighted by Crippen LogP contribution is 2.39. The van der Waals surface area contributed by atoms with Crippen LogP contribution in [0.15, 0.2) is 53.0 Å². The number of amides is 1. The number of nitrogens with two attached hydrogens (primary N) is 1. The molecule has 20 heavy (non-hydrogen) atoms. The lowest BCUT2D eigenvalue weighted by Gasteiger charge is -2.45. The predicted octanol–water partition coefficient (Wildman–Crippen LogP) is 3.00. The standard InChI is InChI=1S/C15H12BrFN2O/c16-9-5-7-10(8-6-9)19-14(13(18)15(19)20)11-3-1-2-4-12(11)17/h1-8,13-14H,18H2/t13-,14+/m1/s1. The van der Waals surface area contributed by atoms with Crippen molar-refractivity contribution in [1.82, 2.24) is 0 Å². The number of carbonyl (C=O) groups is 1. The summed E-state index contributed by atoms with van der Waals surface area (Å²) >= 11 is 3.34. The molecule has 0 unspecified atom stereocenters. The topological polar surface area (TPSA) is 46.3 Å². The van der Waals surface area contributed by atoms with E-state index in [-0.39, 0.29) is 11.7 Å². The lowest BCUT2D eigenvalue weighted by atomic mass is 9.88. The van der Waals surface area contributed by atoms with Crippen molar-refractivity contribution in [2.24, 2.45) is 5.73 Å². The molecule has 0 aromatic heterocycles. The summed E-state index contributed by atoms with van der Waals surface area (Å²) in [6.45, 7) is 0. The monoisotopic (exact) mass is 334 g/mol. The van der Waals surface area contributed by atoms with Gasteiger partial charge in [-0.05, 0) is 30.3 Å². The molecular weight excluding hydrogens is 323 g/mol. The number of halogens is 2. The summed E-state index contributed by atoms with van der Waals surface area (Å²) in [6, 6.07) is 12.5. The van der Waals surface area contributed by atoms with Crippen LogP contribution in [0.1, 0.15) is 11.6 Å². The van der Waals surface area contributed by atoms with Crippen LogP contribution in [-0.4, -0.2) is 11.9 Å². The Hall–Kier alpha value is -1.72. The normalized spacial score (nSPS) is 21.8. The highest BCUT2D eigenvalue weighted by Gasteiger charge is 2.47. The van der Waals surface area contributed by atoms with Crippen molar-refractivity contribution >= 4 is 27.5 Å². The average Bonchev–Trinajstić information content (AvgIpc) is 2.46. The van der Waals surface area contributed by atoms with E-state index >= 15 is 0 Å². The van der Waals surface area contributed by atoms with Crippen molar-refractivity contribution in [1.29, 1.82) is 0 Å². The van der Waals surface area contributed by atoms with Crippen molar-refractivity contribution in [2.45, 2.75) is 12.1 Å². The maximum atomic E-state index is 13.9. The summed E-state index contributed by atoms with van der Waals surface area (Å²) < 4.78 is 14.8. The molecule has 2 aromatic carbocycles. The van der Waals surface area contributed by atoms with Gasteiger partial charge in [0, 0.05) is 15.7 Å². The van der Waals surface area contributed by atoms with E-state index in [9.17, 15) is 9.18 Å². The van der Waals surface area contributed by atoms with Crippen molar-refractivity contribution < 1.29 is 9.18 Å². The summed E-state index contributed by atoms with van der Waals surface area (Å²) in [4.78, 5) is 13.5. The first-order chi connectivity index (χ1) is 9.59. The van der Waals surface area contributed by atoms with Gasteiger partial charge in [0.2, 0.25) is 5.91 Å². The molecule has 2 N–H and O–H groups in total. The molecule has 102 valence electrons. The molecule has 2 aromatic rings. The van der Waals surface area contributed by atoms with Gasteiger partial charge < -0.3 is 10.6 Å². The SMILES string of the molecule is N[C@H]1C(=O)N(c2ccc(Br)cc2)[C@H]1c1ccccc1F. The second-order valence-electron chi connectivity index (χ2n) is 4.68. The quantitative estimate of drug-likeness (QED) is 0.858. The number of hydrogen-bond acceptors (Lipinski definition) is 2. The molecule has 1 saturated heterocycles. The molecule has 3 rings (SSSR count). The number of anilines is 1. The summed E-state index contributed by atoms with van der Waals surface area (Å²) in [6.07, 6.45) is 0. The van der Waals surface area contributed by atoms with Gasteiger partial charge in [0.05, 0.1) is 6.04 Å². The third kappa shape index (κ3) is 2.03. The lowest BCUT2D eigenvalue weighted by molar-refractivity contribution is -0.126. The van der Waals surface area contributed by atoms with E-state index in [0.717, 1.165) is 4.47 Å². The molecule has 1 aliphatic heterocycles. The molecule has 0 spiro atoms. The van der Waals surface area contributed by atoms with E-state index in [1.54, 1.807) is 18.2 Å². The van der Waals surface area contributed by atoms with Crippen molar-refractivity contribution in [2.75, 3.05) is 4.90 Å². The minimum absolute atomic E-state index is 0.194. The molecule has 5 heteroatoms. The van der Waals surface area contributed by atoms with E-state index in [2.05, 4.69) is 15.9 Å². The largest absolute Gasteiger partial charge is 0.318 e. The molecule has 1 fully saturated rings. The third-order valence-electron chi connectivity index (χ3n) is 3.47. The second-order valence-corrected chi connectivity index (χ2v) is 5.59. The first kappa shape index (κ1) is 13.3. The van der Waals surface area contributed by atoms with E-state index in [1.807, 2.05) is 24.3 Å². The fourth-order valence-corrected chi connectivity index (χ4v) is 2.71. The van der Waals surface area contributed by atoms with Crippen LogP contribution in [0.4, 0.5) is 10.1 Å². The van der Waals surface area contributed by atoms with E-state index in [1.165, 1.54) is 11.0 Å². The number of benzene rings is 2. The number of nitrogens with zero attached hydrogens (tertiary/aromatic N) is 1. The molecule has 1 heterocycles. The first-order valence-corrected chi connectivity index (χ1v) is 6.97. The van der Waals surface area contributed by atoms with Gasteiger partial charge in [-0.15, -0.1) is 0 Å². The fourth-order valence-electron chi connectivity index (χ4n) is 2.45. The third-order valence-corrected chi connectivity index (χ3v) is 4.00. The van der Waals surface area contributed by atoms with Gasteiger partial charge in [-0.2, -0.15) is 0 Å². The zero-order chi connectivity index (χ0) is 14.3. The summed E-state index contributed by atoms with van der Waals surface area (Å²) in [5.41, 5.74) is 7.02. The van der Waals surface area contributed by atoms with E-state index in [4.69, 9.17) is 5.73 Å². The Bertz CT molecular complexity index is 659. The Labute approximate surface area is 124 Å². The Kier molecular flexibility index (Phi) is 3.31. The van der Waals surface area contributed by atoms with E-state index in [0.29, 0.717) is 11.3 Å². The number of β-lactam (4-membered cyclic amide) rings is 1. The van der Waals surface area contributed by atoms with Crippen LogP contribution in [0, 0.1) is 5.82 Å². The number of carbonyl (C=O) groups excluding carboxylic acids is 1. The van der Waals surface area contributed by atoms with Crippen LogP contribution in [0.25, 0.3) is 0 Å². The highest BCUT2D eigenvalue weighted by molar-refractivity contribution is 9.10. The lowest BCUT2D eigenvalue weighted by Crippen LogP contribution is -2.63. The van der Waals surface area contributed by atoms with Crippen LogP contribution in [0.5, 0.6) is 0 Å². The van der Waals surface area contributed by atoms with Crippen LogP contribution in [0.2, 0.25) is 0 Å². The Morgan fingerprint density at radius 1 is 1.10 bits per heavy atom. The molecule has 0 radical (unpaired) electrons. The summed E-state index contributed by atoms with van der Waals surface area (Å²) in [7, 11) is 0. The maximum absolute atomic E-state index is 13.9. The van der Waals surface area contributed by atoms with Crippen LogP contribution < -0.4 is 10.6 Å². The van der Waals surface area contributed by atoms with Gasteiger partial charge in [-0.3, -0.25) is 4.79 Å². The maximum Gasteiger partial charge on any atom is 0.247 e. The Morgan fingerprint density at radius 2 is 1.75 bits per heavy atom. The van der Waals surface area contributed by atoms with Crippen LogP contribution >= 0.6 is 15.9 Å². The first-order valence-electron chi connectivity index (χ1n) is 6.18. The fraction of sp³-hybridized carbons (Fsp3) is 0.133. The van der Waals surface area contributed by atoms with Gasteiger partial charge in [0.25, 0.3) is 0 Å². The van der Waals surface area contributed by atoms with Gasteiger partial charge in [0.15, 0.2) is 0 Å². The zero-order valence-electron chi connectivity index (χ0n) is 10.5. The van der Waals surface area contributed by atoms with Gasteiger partial charge in [-0.25, -0.2) is 4.39 Å². The van der Waals surface area contributed by atoms with Crippen LogP contribution in [0.3, 0.4) is 0 Å². The predicted molar refractivity (Wildman–Crippen MR) is 78.7 cm³/mol. The number of hydrogen-bond donors (Lipinski definition) is 1. The van der Waals surface area contributed by atoms with E-state index < -0.39 is 12.1 Å². The van der Waals surface area contributed by atoms with Crippen molar-refractivity contribution in [3.8, 4) is 0 Å².